The largest absolute Gasteiger partial charge is 0.457 e. The fourth-order valence-corrected chi connectivity index (χ4v) is 0.748. The Kier molecular flexibility index (Phi) is 5.00. The Hall–Kier alpha value is -1.36. The molecule has 0 aliphatic rings. The zero-order valence-corrected chi connectivity index (χ0v) is 9.28. The summed E-state index contributed by atoms with van der Waals surface area (Å²) in [6, 6.07) is 0. The molecule has 0 saturated carbocycles. The molecular formula is C10H17NO4. The van der Waals surface area contributed by atoms with Crippen LogP contribution in [0, 0.1) is 0 Å². The Morgan fingerprint density at radius 3 is 2.33 bits per heavy atom. The van der Waals surface area contributed by atoms with Gasteiger partial charge in [-0.3, -0.25) is 0 Å². The van der Waals surface area contributed by atoms with Gasteiger partial charge in [0.05, 0.1) is 0 Å². The van der Waals surface area contributed by atoms with E-state index in [9.17, 15) is 9.59 Å². The van der Waals surface area contributed by atoms with Gasteiger partial charge in [-0.1, -0.05) is 6.58 Å². The summed E-state index contributed by atoms with van der Waals surface area (Å²) < 4.78 is 9.71. The molecule has 0 aromatic heterocycles. The number of carbonyl (C=O) groups is 2. The van der Waals surface area contributed by atoms with Crippen LogP contribution in [-0.2, 0) is 19.1 Å². The van der Waals surface area contributed by atoms with Gasteiger partial charge in [-0.25, -0.2) is 9.59 Å². The van der Waals surface area contributed by atoms with E-state index >= 15 is 0 Å². The van der Waals surface area contributed by atoms with Crippen LogP contribution in [0.4, 0.5) is 0 Å². The number of ether oxygens (including phenoxy) is 2. The second kappa shape index (κ2) is 5.50. The highest BCUT2D eigenvalue weighted by molar-refractivity contribution is 5.85. The molecule has 1 unspecified atom stereocenters. The first kappa shape index (κ1) is 13.6. The van der Waals surface area contributed by atoms with Gasteiger partial charge in [0.1, 0.15) is 5.60 Å². The van der Waals surface area contributed by atoms with Crippen LogP contribution >= 0.6 is 0 Å². The van der Waals surface area contributed by atoms with Crippen LogP contribution in [-0.4, -0.2) is 30.2 Å². The molecular weight excluding hydrogens is 198 g/mol. The molecule has 0 fully saturated rings. The monoisotopic (exact) mass is 215 g/mol. The van der Waals surface area contributed by atoms with Crippen molar-refractivity contribution in [2.75, 3.05) is 6.54 Å². The predicted molar refractivity (Wildman–Crippen MR) is 55.0 cm³/mol. The SMILES string of the molecule is C=CC(=O)OC(CN)C(=O)OC(C)(C)C. The fraction of sp³-hybridized carbons (Fsp3) is 0.600. The summed E-state index contributed by atoms with van der Waals surface area (Å²) >= 11 is 0. The highest BCUT2D eigenvalue weighted by Crippen LogP contribution is 2.09. The Morgan fingerprint density at radius 2 is 2.00 bits per heavy atom. The first-order valence-electron chi connectivity index (χ1n) is 4.56. The predicted octanol–water partition coefficient (Wildman–Crippen LogP) is 0.385. The number of hydrogen-bond acceptors (Lipinski definition) is 5. The number of rotatable bonds is 4. The third kappa shape index (κ3) is 5.85. The van der Waals surface area contributed by atoms with Gasteiger partial charge in [0.15, 0.2) is 0 Å². The molecule has 0 bridgehead atoms. The van der Waals surface area contributed by atoms with E-state index in [0.717, 1.165) is 6.08 Å². The van der Waals surface area contributed by atoms with Crippen LogP contribution in [0.15, 0.2) is 12.7 Å². The van der Waals surface area contributed by atoms with Crippen molar-refractivity contribution in [1.29, 1.82) is 0 Å². The smallest absolute Gasteiger partial charge is 0.349 e. The molecule has 0 amide bonds. The Bertz CT molecular complexity index is 255. The average Bonchev–Trinajstić information content (AvgIpc) is 2.10. The van der Waals surface area contributed by atoms with Crippen molar-refractivity contribution in [3.8, 4) is 0 Å². The first-order chi connectivity index (χ1) is 6.80. The van der Waals surface area contributed by atoms with Crippen LogP contribution in [0.25, 0.3) is 0 Å². The molecule has 0 aliphatic heterocycles. The maximum Gasteiger partial charge on any atom is 0.349 e. The lowest BCUT2D eigenvalue weighted by atomic mass is 10.2. The van der Waals surface area contributed by atoms with Gasteiger partial charge < -0.3 is 15.2 Å². The number of esters is 2. The van der Waals surface area contributed by atoms with E-state index in [1.807, 2.05) is 0 Å². The maximum atomic E-state index is 11.4. The molecule has 5 heteroatoms. The van der Waals surface area contributed by atoms with Crippen molar-refractivity contribution in [3.63, 3.8) is 0 Å². The van der Waals surface area contributed by atoms with E-state index in [-0.39, 0.29) is 6.54 Å². The molecule has 0 saturated heterocycles. The third-order valence-electron chi connectivity index (χ3n) is 1.31. The summed E-state index contributed by atoms with van der Waals surface area (Å²) in [5, 5.41) is 0. The van der Waals surface area contributed by atoms with Crippen molar-refractivity contribution in [2.45, 2.75) is 32.5 Å². The van der Waals surface area contributed by atoms with Gasteiger partial charge >= 0.3 is 11.9 Å². The fourth-order valence-electron chi connectivity index (χ4n) is 0.748. The Labute approximate surface area is 89.2 Å². The van der Waals surface area contributed by atoms with Crippen molar-refractivity contribution >= 4 is 11.9 Å². The number of carbonyl (C=O) groups excluding carboxylic acids is 2. The van der Waals surface area contributed by atoms with Gasteiger partial charge in [-0.15, -0.1) is 0 Å². The van der Waals surface area contributed by atoms with Crippen LogP contribution in [0.5, 0.6) is 0 Å². The van der Waals surface area contributed by atoms with Crippen LogP contribution in [0.3, 0.4) is 0 Å². The van der Waals surface area contributed by atoms with E-state index in [2.05, 4.69) is 6.58 Å². The number of nitrogens with two attached hydrogens (primary N) is 1. The molecule has 1 atom stereocenters. The van der Waals surface area contributed by atoms with Crippen molar-refractivity contribution in [3.05, 3.63) is 12.7 Å². The molecule has 0 aliphatic carbocycles. The molecule has 0 radical (unpaired) electrons. The minimum atomic E-state index is -1.07. The zero-order valence-electron chi connectivity index (χ0n) is 9.28. The van der Waals surface area contributed by atoms with Crippen LogP contribution in [0.1, 0.15) is 20.8 Å². The molecule has 0 aromatic rings. The van der Waals surface area contributed by atoms with Crippen LogP contribution in [0.2, 0.25) is 0 Å². The average molecular weight is 215 g/mol. The minimum Gasteiger partial charge on any atom is -0.457 e. The molecule has 0 heterocycles. The lowest BCUT2D eigenvalue weighted by Gasteiger charge is -2.22. The third-order valence-corrected chi connectivity index (χ3v) is 1.31. The minimum absolute atomic E-state index is 0.117. The van der Waals surface area contributed by atoms with Crippen molar-refractivity contribution in [1.82, 2.24) is 0 Å². The summed E-state index contributed by atoms with van der Waals surface area (Å²) in [4.78, 5) is 22.3. The quantitative estimate of drug-likeness (QED) is 0.542. The van der Waals surface area contributed by atoms with E-state index in [0.29, 0.717) is 0 Å². The summed E-state index contributed by atoms with van der Waals surface area (Å²) in [6.45, 7) is 8.25. The second-order valence-corrected chi connectivity index (χ2v) is 3.90. The Balaban J connectivity index is 4.35. The normalized spacial score (nSPS) is 12.8. The van der Waals surface area contributed by atoms with Gasteiger partial charge in [-0.05, 0) is 20.8 Å². The molecule has 0 aromatic carbocycles. The Morgan fingerprint density at radius 1 is 1.47 bits per heavy atom. The summed E-state index contributed by atoms with van der Waals surface area (Å²) in [5.41, 5.74) is 4.65. The van der Waals surface area contributed by atoms with Crippen molar-refractivity contribution < 1.29 is 19.1 Å². The first-order valence-corrected chi connectivity index (χ1v) is 4.56. The highest BCUT2D eigenvalue weighted by atomic mass is 16.6. The summed E-state index contributed by atoms with van der Waals surface area (Å²) in [6.07, 6.45) is -0.109. The summed E-state index contributed by atoms with van der Waals surface area (Å²) in [5.74, 6) is -1.35. The van der Waals surface area contributed by atoms with E-state index in [1.54, 1.807) is 20.8 Å². The lowest BCUT2D eigenvalue weighted by Crippen LogP contribution is -2.39. The summed E-state index contributed by atoms with van der Waals surface area (Å²) in [7, 11) is 0. The lowest BCUT2D eigenvalue weighted by molar-refractivity contribution is -0.172. The molecule has 0 rings (SSSR count). The van der Waals surface area contributed by atoms with Crippen molar-refractivity contribution in [2.24, 2.45) is 5.73 Å². The molecule has 5 nitrogen and oxygen atoms in total. The molecule has 15 heavy (non-hydrogen) atoms. The van der Waals surface area contributed by atoms with Gasteiger partial charge in [-0.2, -0.15) is 0 Å². The van der Waals surface area contributed by atoms with E-state index in [4.69, 9.17) is 15.2 Å². The highest BCUT2D eigenvalue weighted by Gasteiger charge is 2.26. The van der Waals surface area contributed by atoms with E-state index < -0.39 is 23.6 Å². The molecule has 86 valence electrons. The van der Waals surface area contributed by atoms with Gasteiger partial charge in [0.25, 0.3) is 0 Å². The molecule has 2 N–H and O–H groups in total. The van der Waals surface area contributed by atoms with Gasteiger partial charge in [0, 0.05) is 12.6 Å². The topological polar surface area (TPSA) is 78.6 Å². The van der Waals surface area contributed by atoms with Gasteiger partial charge in [0.2, 0.25) is 6.10 Å². The maximum absolute atomic E-state index is 11.4. The van der Waals surface area contributed by atoms with E-state index in [1.165, 1.54) is 0 Å². The molecule has 0 spiro atoms. The number of hydrogen-bond donors (Lipinski definition) is 1. The standard InChI is InChI=1S/C10H17NO4/c1-5-8(12)14-7(6-11)9(13)15-10(2,3)4/h5,7H,1,6,11H2,2-4H3. The second-order valence-electron chi connectivity index (χ2n) is 3.90. The van der Waals surface area contributed by atoms with Crippen LogP contribution < -0.4 is 5.73 Å². The zero-order chi connectivity index (χ0) is 12.1.